The van der Waals surface area contributed by atoms with E-state index in [1.165, 1.54) is 4.90 Å². The maximum atomic E-state index is 11.4. The van der Waals surface area contributed by atoms with Crippen molar-refractivity contribution in [1.29, 1.82) is 0 Å². The highest BCUT2D eigenvalue weighted by atomic mass is 16.2. The van der Waals surface area contributed by atoms with Gasteiger partial charge >= 0.3 is 6.03 Å². The molecule has 0 radical (unpaired) electrons. The normalized spacial score (nSPS) is 35.7. The second-order valence-electron chi connectivity index (χ2n) is 4.33. The van der Waals surface area contributed by atoms with Gasteiger partial charge < -0.3 is 16.4 Å². The van der Waals surface area contributed by atoms with Crippen LogP contribution in [0.3, 0.4) is 0 Å². The fourth-order valence-electron chi connectivity index (χ4n) is 2.86. The summed E-state index contributed by atoms with van der Waals surface area (Å²) in [6.07, 6.45) is 2.81. The molecular formula is C9H15N3O2. The van der Waals surface area contributed by atoms with E-state index in [0.29, 0.717) is 13.1 Å². The summed E-state index contributed by atoms with van der Waals surface area (Å²) in [5.41, 5.74) is 10.1. The molecule has 3 amide bonds. The van der Waals surface area contributed by atoms with Gasteiger partial charge in [0, 0.05) is 13.1 Å². The van der Waals surface area contributed by atoms with E-state index >= 15 is 0 Å². The first-order valence-corrected chi connectivity index (χ1v) is 4.90. The number of nitrogens with zero attached hydrogens (tertiary/aromatic N) is 1. The average Bonchev–Trinajstić information content (AvgIpc) is 2.57. The van der Waals surface area contributed by atoms with Gasteiger partial charge in [0.2, 0.25) is 5.91 Å². The molecule has 14 heavy (non-hydrogen) atoms. The Kier molecular flexibility index (Phi) is 1.90. The van der Waals surface area contributed by atoms with Crippen LogP contribution in [-0.4, -0.2) is 29.9 Å². The van der Waals surface area contributed by atoms with Crippen LogP contribution in [0.4, 0.5) is 4.79 Å². The Morgan fingerprint density at radius 1 is 1.36 bits per heavy atom. The van der Waals surface area contributed by atoms with E-state index in [9.17, 15) is 9.59 Å². The number of rotatable bonds is 1. The van der Waals surface area contributed by atoms with Crippen LogP contribution < -0.4 is 11.5 Å². The molecule has 1 heterocycles. The lowest BCUT2D eigenvalue weighted by Crippen LogP contribution is -2.42. The standard InChI is InChI=1S/C9H15N3O2/c10-7(13)9-3-1-2-6(9)4-12(5-9)8(11)14/h6H,1-5H2,(H2,10,13)(H2,11,14). The highest BCUT2D eigenvalue weighted by molar-refractivity contribution is 5.84. The summed E-state index contributed by atoms with van der Waals surface area (Å²) in [6.45, 7) is 1.01. The van der Waals surface area contributed by atoms with E-state index in [1.807, 2.05) is 0 Å². The average molecular weight is 197 g/mol. The SMILES string of the molecule is NC(=O)N1CC2CCCC2(C(N)=O)C1. The molecule has 1 aliphatic heterocycles. The number of fused-ring (bicyclic) bond motifs is 1. The van der Waals surface area contributed by atoms with Crippen LogP contribution in [0.2, 0.25) is 0 Å². The molecule has 2 unspecified atom stereocenters. The van der Waals surface area contributed by atoms with E-state index in [1.54, 1.807) is 0 Å². The number of primary amides is 2. The molecule has 5 nitrogen and oxygen atoms in total. The molecule has 0 spiro atoms. The van der Waals surface area contributed by atoms with Crippen molar-refractivity contribution in [2.45, 2.75) is 19.3 Å². The monoisotopic (exact) mass is 197 g/mol. The zero-order valence-electron chi connectivity index (χ0n) is 8.03. The van der Waals surface area contributed by atoms with Gasteiger partial charge in [0.05, 0.1) is 5.41 Å². The largest absolute Gasteiger partial charge is 0.369 e. The maximum Gasteiger partial charge on any atom is 0.314 e. The number of nitrogens with two attached hydrogens (primary N) is 2. The lowest BCUT2D eigenvalue weighted by Gasteiger charge is -2.23. The molecule has 2 atom stereocenters. The molecule has 0 aromatic heterocycles. The third kappa shape index (κ3) is 1.08. The summed E-state index contributed by atoms with van der Waals surface area (Å²) < 4.78 is 0. The lowest BCUT2D eigenvalue weighted by atomic mass is 9.80. The van der Waals surface area contributed by atoms with Gasteiger partial charge in [0.25, 0.3) is 0 Å². The van der Waals surface area contributed by atoms with Crippen molar-refractivity contribution in [3.8, 4) is 0 Å². The van der Waals surface area contributed by atoms with Crippen molar-refractivity contribution in [1.82, 2.24) is 4.90 Å². The van der Waals surface area contributed by atoms with Gasteiger partial charge in [-0.3, -0.25) is 4.79 Å². The molecule has 0 bridgehead atoms. The molecular weight excluding hydrogens is 182 g/mol. The smallest absolute Gasteiger partial charge is 0.314 e. The quantitative estimate of drug-likeness (QED) is 0.601. The molecule has 5 heteroatoms. The second-order valence-corrected chi connectivity index (χ2v) is 4.33. The third-order valence-electron chi connectivity index (χ3n) is 3.67. The van der Waals surface area contributed by atoms with Gasteiger partial charge in [0.1, 0.15) is 0 Å². The van der Waals surface area contributed by atoms with E-state index in [0.717, 1.165) is 19.3 Å². The maximum absolute atomic E-state index is 11.4. The van der Waals surface area contributed by atoms with Gasteiger partial charge in [-0.15, -0.1) is 0 Å². The van der Waals surface area contributed by atoms with Crippen molar-refractivity contribution in [3.05, 3.63) is 0 Å². The minimum absolute atomic E-state index is 0.229. The first-order valence-electron chi connectivity index (χ1n) is 4.90. The molecule has 1 saturated carbocycles. The Bertz CT molecular complexity index is 292. The van der Waals surface area contributed by atoms with Crippen molar-refractivity contribution in [3.63, 3.8) is 0 Å². The zero-order valence-corrected chi connectivity index (χ0v) is 8.03. The van der Waals surface area contributed by atoms with Crippen molar-refractivity contribution in [2.24, 2.45) is 22.8 Å². The number of amides is 3. The van der Waals surface area contributed by atoms with Crippen molar-refractivity contribution < 1.29 is 9.59 Å². The van der Waals surface area contributed by atoms with Crippen molar-refractivity contribution in [2.75, 3.05) is 13.1 Å². The number of carbonyl (C=O) groups is 2. The topological polar surface area (TPSA) is 89.4 Å². The minimum atomic E-state index is -0.477. The first kappa shape index (κ1) is 9.30. The Labute approximate surface area is 82.4 Å². The van der Waals surface area contributed by atoms with Gasteiger partial charge in [-0.25, -0.2) is 4.79 Å². The van der Waals surface area contributed by atoms with Gasteiger partial charge in [-0.1, -0.05) is 6.42 Å². The van der Waals surface area contributed by atoms with Crippen molar-refractivity contribution >= 4 is 11.9 Å². The highest BCUT2D eigenvalue weighted by Gasteiger charge is 2.54. The second kappa shape index (κ2) is 2.87. The Hall–Kier alpha value is -1.26. The summed E-state index contributed by atoms with van der Waals surface area (Å²) in [6, 6.07) is -0.444. The summed E-state index contributed by atoms with van der Waals surface area (Å²) in [5, 5.41) is 0. The molecule has 2 rings (SSSR count). The Balaban J connectivity index is 2.23. The third-order valence-corrected chi connectivity index (χ3v) is 3.67. The molecule has 2 aliphatic rings. The highest BCUT2D eigenvalue weighted by Crippen LogP contribution is 2.48. The van der Waals surface area contributed by atoms with Crippen LogP contribution >= 0.6 is 0 Å². The predicted molar refractivity (Wildman–Crippen MR) is 50.1 cm³/mol. The van der Waals surface area contributed by atoms with E-state index in [2.05, 4.69) is 0 Å². The summed E-state index contributed by atoms with van der Waals surface area (Å²) in [4.78, 5) is 23.9. The molecule has 2 fully saturated rings. The molecule has 4 N–H and O–H groups in total. The first-order chi connectivity index (χ1) is 6.56. The van der Waals surface area contributed by atoms with Gasteiger partial charge in [0.15, 0.2) is 0 Å². The minimum Gasteiger partial charge on any atom is -0.369 e. The van der Waals surface area contributed by atoms with Crippen LogP contribution in [0, 0.1) is 11.3 Å². The number of carbonyl (C=O) groups excluding carboxylic acids is 2. The number of hydrogen-bond donors (Lipinski definition) is 2. The number of hydrogen-bond acceptors (Lipinski definition) is 2. The van der Waals surface area contributed by atoms with E-state index in [-0.39, 0.29) is 11.8 Å². The van der Waals surface area contributed by atoms with Gasteiger partial charge in [-0.05, 0) is 18.8 Å². The van der Waals surface area contributed by atoms with Gasteiger partial charge in [-0.2, -0.15) is 0 Å². The lowest BCUT2D eigenvalue weighted by molar-refractivity contribution is -0.128. The van der Waals surface area contributed by atoms with Crippen LogP contribution in [0.25, 0.3) is 0 Å². The summed E-state index contributed by atoms with van der Waals surface area (Å²) >= 11 is 0. The predicted octanol–water partition coefficient (Wildman–Crippen LogP) is -0.348. The van der Waals surface area contributed by atoms with Crippen LogP contribution in [0.1, 0.15) is 19.3 Å². The molecule has 1 aliphatic carbocycles. The number of urea groups is 1. The Morgan fingerprint density at radius 2 is 2.07 bits per heavy atom. The summed E-state index contributed by atoms with van der Waals surface area (Å²) in [7, 11) is 0. The Morgan fingerprint density at radius 3 is 2.57 bits per heavy atom. The molecule has 1 saturated heterocycles. The fraction of sp³-hybridized carbons (Fsp3) is 0.778. The molecule has 78 valence electrons. The zero-order chi connectivity index (χ0) is 10.3. The van der Waals surface area contributed by atoms with Crippen LogP contribution in [0.5, 0.6) is 0 Å². The molecule has 0 aromatic carbocycles. The molecule has 0 aromatic rings. The van der Waals surface area contributed by atoms with Crippen LogP contribution in [-0.2, 0) is 4.79 Å². The summed E-state index contributed by atoms with van der Waals surface area (Å²) in [5.74, 6) is -0.0451. The van der Waals surface area contributed by atoms with E-state index in [4.69, 9.17) is 11.5 Å². The van der Waals surface area contributed by atoms with Crippen LogP contribution in [0.15, 0.2) is 0 Å². The number of likely N-dealkylation sites (tertiary alicyclic amines) is 1. The van der Waals surface area contributed by atoms with E-state index < -0.39 is 11.4 Å². The fourth-order valence-corrected chi connectivity index (χ4v) is 2.86.